The van der Waals surface area contributed by atoms with Crippen molar-refractivity contribution in [3.05, 3.63) is 27.7 Å². The van der Waals surface area contributed by atoms with Crippen LogP contribution in [-0.4, -0.2) is 40.9 Å². The number of carbonyl (C=O) groups is 1. The molecule has 1 amide bonds. The van der Waals surface area contributed by atoms with Crippen molar-refractivity contribution in [1.29, 1.82) is 0 Å². The maximum Gasteiger partial charge on any atom is 0.255 e. The van der Waals surface area contributed by atoms with Gasteiger partial charge in [0.15, 0.2) is 0 Å². The predicted octanol–water partition coefficient (Wildman–Crippen LogP) is 3.31. The summed E-state index contributed by atoms with van der Waals surface area (Å²) in [7, 11) is 0. The highest BCUT2D eigenvalue weighted by atomic mass is 35.5. The van der Waals surface area contributed by atoms with Crippen molar-refractivity contribution >= 4 is 40.9 Å². The highest BCUT2D eigenvalue weighted by molar-refractivity contribution is 7.98. The van der Waals surface area contributed by atoms with Gasteiger partial charge < -0.3 is 10.0 Å². The van der Waals surface area contributed by atoms with Crippen molar-refractivity contribution < 1.29 is 9.90 Å². The number of rotatable bonds is 2. The van der Waals surface area contributed by atoms with Gasteiger partial charge in [-0.1, -0.05) is 23.2 Å². The van der Waals surface area contributed by atoms with Gasteiger partial charge in [-0.2, -0.15) is 0 Å². The molecule has 19 heavy (non-hydrogen) atoms. The van der Waals surface area contributed by atoms with E-state index in [1.165, 1.54) is 11.8 Å². The summed E-state index contributed by atoms with van der Waals surface area (Å²) in [6, 6.07) is 3.31. The Bertz CT molecular complexity index is 520. The van der Waals surface area contributed by atoms with Crippen LogP contribution in [0.15, 0.2) is 17.0 Å². The fourth-order valence-corrected chi connectivity index (χ4v) is 3.32. The van der Waals surface area contributed by atoms with Crippen LogP contribution in [0.3, 0.4) is 0 Å². The number of hydrogen-bond donors (Lipinski definition) is 1. The fourth-order valence-electron chi connectivity index (χ4n) is 2.14. The lowest BCUT2D eigenvalue weighted by molar-refractivity contribution is 0.0572. The topological polar surface area (TPSA) is 40.5 Å². The molecule has 1 aliphatic heterocycles. The Kier molecular flexibility index (Phi) is 4.35. The number of nitrogens with zero attached hydrogens (tertiary/aromatic N) is 1. The fraction of sp³-hybridized carbons (Fsp3) is 0.462. The van der Waals surface area contributed by atoms with Crippen molar-refractivity contribution in [1.82, 2.24) is 4.90 Å². The minimum absolute atomic E-state index is 0.158. The first-order valence-corrected chi connectivity index (χ1v) is 7.87. The van der Waals surface area contributed by atoms with E-state index in [9.17, 15) is 9.90 Å². The molecule has 0 bridgehead atoms. The number of thioether (sulfide) groups is 1. The molecule has 1 aliphatic rings. The van der Waals surface area contributed by atoms with Gasteiger partial charge in [0.2, 0.25) is 0 Å². The van der Waals surface area contributed by atoms with E-state index in [0.717, 1.165) is 4.90 Å². The second-order valence-electron chi connectivity index (χ2n) is 4.94. The Balaban J connectivity index is 2.29. The molecule has 1 aromatic carbocycles. The van der Waals surface area contributed by atoms with Crippen LogP contribution in [0.2, 0.25) is 10.0 Å². The van der Waals surface area contributed by atoms with Crippen LogP contribution in [0.25, 0.3) is 0 Å². The zero-order valence-electron chi connectivity index (χ0n) is 10.7. The summed E-state index contributed by atoms with van der Waals surface area (Å²) in [5, 5.41) is 10.8. The Morgan fingerprint density at radius 1 is 1.42 bits per heavy atom. The molecule has 1 heterocycles. The highest BCUT2D eigenvalue weighted by Crippen LogP contribution is 2.32. The van der Waals surface area contributed by atoms with Gasteiger partial charge in [-0.3, -0.25) is 4.79 Å². The van der Waals surface area contributed by atoms with Crippen LogP contribution in [0.1, 0.15) is 23.7 Å². The second kappa shape index (κ2) is 5.52. The maximum atomic E-state index is 12.4. The molecule has 0 aromatic heterocycles. The summed E-state index contributed by atoms with van der Waals surface area (Å²) in [4.78, 5) is 14.9. The van der Waals surface area contributed by atoms with Crippen molar-refractivity contribution in [2.75, 3.05) is 19.3 Å². The van der Waals surface area contributed by atoms with Crippen molar-refractivity contribution in [2.45, 2.75) is 23.8 Å². The van der Waals surface area contributed by atoms with Gasteiger partial charge in [-0.15, -0.1) is 11.8 Å². The van der Waals surface area contributed by atoms with E-state index in [2.05, 4.69) is 0 Å². The highest BCUT2D eigenvalue weighted by Gasteiger charge is 2.35. The minimum atomic E-state index is -0.809. The second-order valence-corrected chi connectivity index (χ2v) is 6.60. The zero-order valence-corrected chi connectivity index (χ0v) is 13.1. The molecule has 1 saturated heterocycles. The largest absolute Gasteiger partial charge is 0.388 e. The van der Waals surface area contributed by atoms with Crippen LogP contribution in [0.5, 0.6) is 0 Å². The van der Waals surface area contributed by atoms with Crippen LogP contribution < -0.4 is 0 Å². The summed E-state index contributed by atoms with van der Waals surface area (Å²) in [5.74, 6) is -0.158. The average Bonchev–Trinajstić information content (AvgIpc) is 2.69. The van der Waals surface area contributed by atoms with E-state index < -0.39 is 5.60 Å². The van der Waals surface area contributed by atoms with Crippen LogP contribution in [0.4, 0.5) is 0 Å². The minimum Gasteiger partial charge on any atom is -0.388 e. The first-order valence-electron chi connectivity index (χ1n) is 5.89. The molecule has 3 nitrogen and oxygen atoms in total. The van der Waals surface area contributed by atoms with Gasteiger partial charge in [0, 0.05) is 18.0 Å². The summed E-state index contributed by atoms with van der Waals surface area (Å²) in [6.45, 7) is 2.61. The third-order valence-electron chi connectivity index (χ3n) is 3.21. The van der Waals surface area contributed by atoms with Gasteiger partial charge in [0.1, 0.15) is 0 Å². The number of β-amino-alcohol motifs (C(OH)–C–C–N with tert-alkyl or cyclic N) is 1. The molecule has 0 radical (unpaired) electrons. The van der Waals surface area contributed by atoms with Gasteiger partial charge in [0.05, 0.1) is 21.2 Å². The number of benzene rings is 1. The standard InChI is InChI=1S/C13H15Cl2NO2S/c1-13(18)3-4-16(7-13)12(17)8-5-11(19-2)10(15)6-9(8)14/h5-6,18H,3-4,7H2,1-2H3. The average molecular weight is 320 g/mol. The molecule has 2 rings (SSSR count). The van der Waals surface area contributed by atoms with Gasteiger partial charge in [0.25, 0.3) is 5.91 Å². The molecule has 0 spiro atoms. The predicted molar refractivity (Wildman–Crippen MR) is 79.4 cm³/mol. The van der Waals surface area contributed by atoms with Crippen molar-refractivity contribution in [3.8, 4) is 0 Å². The Morgan fingerprint density at radius 2 is 2.11 bits per heavy atom. The molecular formula is C13H15Cl2NO2S. The Hall–Kier alpha value is -0.420. The number of amides is 1. The molecule has 6 heteroatoms. The van der Waals surface area contributed by atoms with E-state index in [1.807, 2.05) is 6.26 Å². The summed E-state index contributed by atoms with van der Waals surface area (Å²) in [6.07, 6.45) is 2.48. The lowest BCUT2D eigenvalue weighted by Crippen LogP contribution is -2.34. The molecule has 0 saturated carbocycles. The number of likely N-dealkylation sites (tertiary alicyclic amines) is 1. The Morgan fingerprint density at radius 3 is 2.63 bits per heavy atom. The first-order chi connectivity index (χ1) is 8.84. The number of hydrogen-bond acceptors (Lipinski definition) is 3. The number of halogens is 2. The lowest BCUT2D eigenvalue weighted by atomic mass is 10.1. The molecule has 1 unspecified atom stereocenters. The van der Waals surface area contributed by atoms with E-state index >= 15 is 0 Å². The van der Waals surface area contributed by atoms with Crippen LogP contribution in [0, 0.1) is 0 Å². The van der Waals surface area contributed by atoms with Gasteiger partial charge in [-0.05, 0) is 31.7 Å². The molecule has 1 fully saturated rings. The SMILES string of the molecule is CSc1cc(C(=O)N2CCC(C)(O)C2)c(Cl)cc1Cl. The maximum absolute atomic E-state index is 12.4. The molecular weight excluding hydrogens is 305 g/mol. The monoisotopic (exact) mass is 319 g/mol. The molecule has 1 aromatic rings. The van der Waals surface area contributed by atoms with E-state index in [1.54, 1.807) is 24.0 Å². The van der Waals surface area contributed by atoms with E-state index in [-0.39, 0.29) is 5.91 Å². The van der Waals surface area contributed by atoms with Gasteiger partial charge >= 0.3 is 0 Å². The lowest BCUT2D eigenvalue weighted by Gasteiger charge is -2.20. The van der Waals surface area contributed by atoms with Crippen molar-refractivity contribution in [3.63, 3.8) is 0 Å². The van der Waals surface area contributed by atoms with Crippen LogP contribution in [-0.2, 0) is 0 Å². The van der Waals surface area contributed by atoms with Gasteiger partial charge in [-0.25, -0.2) is 0 Å². The quantitative estimate of drug-likeness (QED) is 0.850. The molecule has 1 N–H and O–H groups in total. The number of aliphatic hydroxyl groups is 1. The summed E-state index contributed by atoms with van der Waals surface area (Å²) in [5.41, 5.74) is -0.371. The summed E-state index contributed by atoms with van der Waals surface area (Å²) >= 11 is 13.6. The molecule has 0 aliphatic carbocycles. The normalized spacial score (nSPS) is 22.9. The third-order valence-corrected chi connectivity index (χ3v) is 4.73. The van der Waals surface area contributed by atoms with E-state index in [0.29, 0.717) is 35.1 Å². The van der Waals surface area contributed by atoms with Crippen molar-refractivity contribution in [2.24, 2.45) is 0 Å². The third kappa shape index (κ3) is 3.19. The molecule has 1 atom stereocenters. The van der Waals surface area contributed by atoms with Crippen LogP contribution >= 0.6 is 35.0 Å². The first kappa shape index (κ1) is 15.0. The summed E-state index contributed by atoms with van der Waals surface area (Å²) < 4.78 is 0. The Labute approximate surface area is 126 Å². The number of carbonyl (C=O) groups excluding carboxylic acids is 1. The zero-order chi connectivity index (χ0) is 14.2. The smallest absolute Gasteiger partial charge is 0.255 e. The molecule has 104 valence electrons. The van der Waals surface area contributed by atoms with E-state index in [4.69, 9.17) is 23.2 Å².